The molecule has 4 unspecified atom stereocenters. The minimum atomic E-state index is -1.50. The minimum Gasteiger partial charge on any atom is -0.379 e. The van der Waals surface area contributed by atoms with Crippen LogP contribution in [0.25, 0.3) is 0 Å². The van der Waals surface area contributed by atoms with Gasteiger partial charge in [0.05, 0.1) is 43.9 Å². The molecule has 4 aliphatic rings. The molecule has 0 spiro atoms. The summed E-state index contributed by atoms with van der Waals surface area (Å²) < 4.78 is 54.9. The minimum absolute atomic E-state index is 0. The molecule has 18 nitrogen and oxygen atoms in total. The topological polar surface area (TPSA) is 206 Å². The monoisotopic (exact) mass is 1170 g/mol. The maximum absolute atomic E-state index is 14.9. The van der Waals surface area contributed by atoms with E-state index in [0.29, 0.717) is 49.5 Å². The zero-order valence-corrected chi connectivity index (χ0v) is 48.2. The molecule has 4 aromatic rings. The zero-order valence-electron chi connectivity index (χ0n) is 45.7. The van der Waals surface area contributed by atoms with E-state index < -0.39 is 83.0 Å². The Balaban J connectivity index is 0.00000392. The molecule has 80 heavy (non-hydrogen) atoms. The van der Waals surface area contributed by atoms with E-state index in [9.17, 15) is 41.9 Å². The number of methoxy groups -OCH3 is 1. The van der Waals surface area contributed by atoms with Crippen LogP contribution in [0.3, 0.4) is 0 Å². The first-order valence-corrected chi connectivity index (χ1v) is 26.0. The summed E-state index contributed by atoms with van der Waals surface area (Å²) in [6, 6.07) is 16.4. The quantitative estimate of drug-likeness (QED) is 0.0792. The van der Waals surface area contributed by atoms with Crippen LogP contribution in [0.5, 0.6) is 0 Å². The number of carbonyl (C=O) groups is 6. The van der Waals surface area contributed by atoms with Gasteiger partial charge in [0.2, 0.25) is 29.5 Å². The number of hydrogen-bond acceptors (Lipinski definition) is 12. The predicted octanol–water partition coefficient (Wildman–Crippen LogP) is 4.85. The van der Waals surface area contributed by atoms with Gasteiger partial charge >= 0.3 is 0 Å². The molecular weight excluding hydrogens is 1100 g/mol. The standard InChI is InChI=1S/C56H69F3N10O8.3ClH/c1-32-26-67(41(24-61-32)28-66-19-20-77-30-33(66)2)29-48(71)69-31-56(5,43-18-13-37(22-46(43)69)21-36-11-15-39(57)16-12-36)55(75)62-25-47(70)63-40-17-14-38-27-68(54(74)49(35(4)76-7)64-52(72)34(3)60-6)51(42(38)23-40)53(73)65-50-44(58)9-8-10-45(50)59;;;/h8-18,22-23,32-35,41,49,51,60-61H,19-21,24-31H2,1-7H3,(H,62,75)(H,63,70)(H,64,72)(H,65,73);3*1H/t32-,33?,34?,35-,41-,49+,51?,56?;;;/m1.../s1. The number of rotatable bonds is 18. The molecule has 0 radical (unpaired) electrons. The molecule has 2 saturated heterocycles. The van der Waals surface area contributed by atoms with Crippen molar-refractivity contribution in [2.75, 3.05) is 88.7 Å². The van der Waals surface area contributed by atoms with Gasteiger partial charge < -0.3 is 51.2 Å². The van der Waals surface area contributed by atoms with Gasteiger partial charge in [0.15, 0.2) is 0 Å². The number of halogens is 6. The van der Waals surface area contributed by atoms with Crippen LogP contribution >= 0.6 is 37.2 Å². The van der Waals surface area contributed by atoms with Crippen molar-refractivity contribution in [3.63, 3.8) is 0 Å². The van der Waals surface area contributed by atoms with Crippen LogP contribution < -0.4 is 36.8 Å². The van der Waals surface area contributed by atoms with Crippen molar-refractivity contribution in [3.8, 4) is 0 Å². The molecule has 2 fully saturated rings. The van der Waals surface area contributed by atoms with Gasteiger partial charge in [0.25, 0.3) is 5.91 Å². The van der Waals surface area contributed by atoms with E-state index in [2.05, 4.69) is 55.5 Å². The smallest absolute Gasteiger partial charge is 0.252 e. The Bertz CT molecular complexity index is 2860. The van der Waals surface area contributed by atoms with Gasteiger partial charge in [-0.05, 0) is 118 Å². The fraction of sp³-hybridized carbons (Fsp3) is 0.464. The second kappa shape index (κ2) is 28.2. The summed E-state index contributed by atoms with van der Waals surface area (Å²) in [5.74, 6) is -6.02. The number of hydrogen-bond donors (Lipinski definition) is 6. The third kappa shape index (κ3) is 14.6. The molecule has 4 aliphatic heterocycles. The lowest BCUT2D eigenvalue weighted by Crippen LogP contribution is -2.62. The molecule has 0 aromatic heterocycles. The fourth-order valence-electron chi connectivity index (χ4n) is 10.6. The number of carbonyl (C=O) groups excluding carboxylic acids is 6. The molecule has 0 saturated carbocycles. The highest BCUT2D eigenvalue weighted by Gasteiger charge is 2.48. The fourth-order valence-corrected chi connectivity index (χ4v) is 10.6. The van der Waals surface area contributed by atoms with Crippen LogP contribution in [0.4, 0.5) is 30.2 Å². The lowest BCUT2D eigenvalue weighted by molar-refractivity contribution is -0.145. The maximum atomic E-state index is 14.9. The molecule has 6 N–H and O–H groups in total. The van der Waals surface area contributed by atoms with Crippen LogP contribution in [0.15, 0.2) is 78.9 Å². The number of nitrogens with zero attached hydrogens (tertiary/aromatic N) is 4. The van der Waals surface area contributed by atoms with E-state index in [0.717, 1.165) is 42.4 Å². The van der Waals surface area contributed by atoms with Gasteiger partial charge in [-0.1, -0.05) is 36.4 Å². The third-order valence-electron chi connectivity index (χ3n) is 15.3. The highest BCUT2D eigenvalue weighted by molar-refractivity contribution is 6.05. The number of benzene rings is 4. The van der Waals surface area contributed by atoms with Crippen molar-refractivity contribution >= 4 is 89.7 Å². The summed E-state index contributed by atoms with van der Waals surface area (Å²) in [6.45, 7) is 12.7. The molecular formula is C56H72Cl3F3N10O8. The average Bonchev–Trinajstić information content (AvgIpc) is 4.06. The Morgan fingerprint density at radius 3 is 2.26 bits per heavy atom. The summed E-state index contributed by atoms with van der Waals surface area (Å²) in [4.78, 5) is 92.3. The number of piperazine rings is 1. The number of morpholine rings is 1. The number of fused-ring (bicyclic) bond motifs is 2. The second-order valence-electron chi connectivity index (χ2n) is 20.8. The Morgan fingerprint density at radius 1 is 0.887 bits per heavy atom. The zero-order chi connectivity index (χ0) is 55.3. The second-order valence-corrected chi connectivity index (χ2v) is 20.8. The molecule has 6 amide bonds. The van der Waals surface area contributed by atoms with E-state index in [1.54, 1.807) is 57.0 Å². The molecule has 8 rings (SSSR count). The van der Waals surface area contributed by atoms with Crippen LogP contribution in [-0.4, -0.2) is 160 Å². The highest BCUT2D eigenvalue weighted by atomic mass is 35.5. The van der Waals surface area contributed by atoms with Crippen LogP contribution in [-0.2, 0) is 56.6 Å². The van der Waals surface area contributed by atoms with Gasteiger partial charge in [-0.25, -0.2) is 13.2 Å². The first kappa shape index (κ1) is 64.9. The Labute approximate surface area is 483 Å². The largest absolute Gasteiger partial charge is 0.379 e. The summed E-state index contributed by atoms with van der Waals surface area (Å²) in [6.07, 6.45) is -0.433. The summed E-state index contributed by atoms with van der Waals surface area (Å²) >= 11 is 0. The first-order valence-electron chi connectivity index (χ1n) is 26.0. The summed E-state index contributed by atoms with van der Waals surface area (Å²) in [7, 11) is 2.93. The van der Waals surface area contributed by atoms with Gasteiger partial charge in [0, 0.05) is 75.9 Å². The molecule has 4 heterocycles. The molecule has 436 valence electrons. The maximum Gasteiger partial charge on any atom is 0.252 e. The Kier molecular flexibility index (Phi) is 22.9. The molecule has 8 atom stereocenters. The van der Waals surface area contributed by atoms with Crippen LogP contribution in [0, 0.1) is 17.5 Å². The van der Waals surface area contributed by atoms with E-state index in [1.807, 2.05) is 18.2 Å². The number of anilines is 3. The lowest BCUT2D eigenvalue weighted by Gasteiger charge is -2.43. The van der Waals surface area contributed by atoms with Crippen molar-refractivity contribution in [2.45, 2.75) is 95.4 Å². The van der Waals surface area contributed by atoms with Crippen molar-refractivity contribution in [1.82, 2.24) is 36.0 Å². The summed E-state index contributed by atoms with van der Waals surface area (Å²) in [5, 5.41) is 16.9. The van der Waals surface area contributed by atoms with Crippen LogP contribution in [0.2, 0.25) is 0 Å². The summed E-state index contributed by atoms with van der Waals surface area (Å²) in [5.41, 5.74) is 1.71. The Morgan fingerprint density at radius 2 is 1.59 bits per heavy atom. The Hall–Kier alpha value is -5.88. The number of likely N-dealkylation sites (N-methyl/N-ethyl adjacent to an activating group) is 1. The van der Waals surface area contributed by atoms with E-state index in [4.69, 9.17) is 9.47 Å². The van der Waals surface area contributed by atoms with Gasteiger partial charge in [-0.2, -0.15) is 0 Å². The van der Waals surface area contributed by atoms with E-state index in [1.165, 1.54) is 30.2 Å². The lowest BCUT2D eigenvalue weighted by atomic mass is 9.83. The van der Waals surface area contributed by atoms with Gasteiger partial charge in [-0.15, -0.1) is 37.2 Å². The van der Waals surface area contributed by atoms with Gasteiger partial charge in [0.1, 0.15) is 35.2 Å². The molecule has 4 aromatic carbocycles. The van der Waals surface area contributed by atoms with Crippen molar-refractivity contribution in [1.29, 1.82) is 0 Å². The normalized spacial score (nSPS) is 21.7. The van der Waals surface area contributed by atoms with Crippen molar-refractivity contribution in [2.24, 2.45) is 0 Å². The van der Waals surface area contributed by atoms with Crippen LogP contribution in [0.1, 0.15) is 68.5 Å². The molecule has 24 heteroatoms. The highest BCUT2D eigenvalue weighted by Crippen LogP contribution is 2.43. The average molecular weight is 1180 g/mol. The molecule has 0 aliphatic carbocycles. The van der Waals surface area contributed by atoms with E-state index >= 15 is 0 Å². The number of nitrogens with one attached hydrogen (secondary N) is 6. The molecule has 0 bridgehead atoms. The van der Waals surface area contributed by atoms with E-state index in [-0.39, 0.29) is 98.0 Å². The number of amides is 6. The predicted molar refractivity (Wildman–Crippen MR) is 305 cm³/mol. The van der Waals surface area contributed by atoms with Gasteiger partial charge in [-0.3, -0.25) is 38.6 Å². The number of para-hydroxylation sites is 1. The number of ether oxygens (including phenoxy) is 2. The van der Waals surface area contributed by atoms with Crippen molar-refractivity contribution < 1.29 is 51.4 Å². The third-order valence-corrected chi connectivity index (χ3v) is 15.3. The van der Waals surface area contributed by atoms with Crippen molar-refractivity contribution in [3.05, 3.63) is 124 Å². The first-order chi connectivity index (χ1) is 36.8. The SMILES string of the molecule is CNC(C)C(=O)N[C@H](C(=O)N1Cc2ccc(NC(=O)CNC(=O)C3(C)CN(C(=O)CN4C[C@@H](C)NC[C@@H]4CN4CCOCC4C)c4cc(Cc5ccc(F)cc5)ccc43)cc2C1C(=O)Nc1c(F)cccc1F)[C@@H](C)OC.Cl.Cl.Cl.